The molecule has 4 nitrogen and oxygen atoms in total. The van der Waals surface area contributed by atoms with Crippen molar-refractivity contribution in [1.82, 2.24) is 19.6 Å². The second kappa shape index (κ2) is 3.45. The van der Waals surface area contributed by atoms with Gasteiger partial charge in [-0.25, -0.2) is 4.98 Å². The summed E-state index contributed by atoms with van der Waals surface area (Å²) < 4.78 is 1.95. The normalized spacial score (nSPS) is 17.7. The lowest BCUT2D eigenvalue weighted by molar-refractivity contribution is 0.656. The lowest BCUT2D eigenvalue weighted by atomic mass is 10.1. The van der Waals surface area contributed by atoms with Crippen molar-refractivity contribution in [2.24, 2.45) is 0 Å². The number of aromatic nitrogens is 4. The van der Waals surface area contributed by atoms with Gasteiger partial charge in [-0.3, -0.25) is 4.40 Å². The highest BCUT2D eigenvalue weighted by Gasteiger charge is 2.22. The zero-order valence-electron chi connectivity index (χ0n) is 8.23. The lowest BCUT2D eigenvalue weighted by Crippen LogP contribution is -2.00. The summed E-state index contributed by atoms with van der Waals surface area (Å²) in [7, 11) is 0. The van der Waals surface area contributed by atoms with Crippen LogP contribution in [0, 0.1) is 0 Å². The summed E-state index contributed by atoms with van der Waals surface area (Å²) in [6.07, 6.45) is 6.72. The van der Waals surface area contributed by atoms with Crippen LogP contribution in [0.2, 0.25) is 5.15 Å². The summed E-state index contributed by atoms with van der Waals surface area (Å²) in [5.74, 6) is 1.58. The minimum absolute atomic E-state index is 0.466. The maximum atomic E-state index is 5.80. The van der Waals surface area contributed by atoms with Crippen LogP contribution in [0.25, 0.3) is 5.65 Å². The Bertz CT molecular complexity index is 487. The van der Waals surface area contributed by atoms with E-state index in [-0.39, 0.29) is 0 Å². The van der Waals surface area contributed by atoms with Gasteiger partial charge in [-0.1, -0.05) is 24.4 Å². The molecule has 0 N–H and O–H groups in total. The molecule has 0 atom stereocenters. The Hall–Kier alpha value is -1.16. The highest BCUT2D eigenvalue weighted by molar-refractivity contribution is 6.29. The number of hydrogen-bond donors (Lipinski definition) is 0. The van der Waals surface area contributed by atoms with Crippen LogP contribution in [0.3, 0.4) is 0 Å². The fourth-order valence-corrected chi connectivity index (χ4v) is 2.39. The van der Waals surface area contributed by atoms with Crippen molar-refractivity contribution in [3.05, 3.63) is 23.4 Å². The van der Waals surface area contributed by atoms with E-state index in [0.29, 0.717) is 11.1 Å². The number of fused-ring (bicyclic) bond motifs is 1. The smallest absolute Gasteiger partial charge is 0.165 e. The SMILES string of the molecule is Clc1cc2nnc(C3CCCC3)n2cn1. The fourth-order valence-electron chi connectivity index (χ4n) is 2.25. The third kappa shape index (κ3) is 1.49. The zero-order valence-corrected chi connectivity index (χ0v) is 8.98. The predicted octanol–water partition coefficient (Wildman–Crippen LogP) is 2.44. The molecule has 2 aromatic heterocycles. The average Bonchev–Trinajstić information content (AvgIpc) is 2.82. The summed E-state index contributed by atoms with van der Waals surface area (Å²) in [6, 6.07) is 1.74. The van der Waals surface area contributed by atoms with Gasteiger partial charge in [-0.15, -0.1) is 10.2 Å². The first-order valence-corrected chi connectivity index (χ1v) is 5.58. The molecule has 5 heteroatoms. The zero-order chi connectivity index (χ0) is 10.3. The third-order valence-electron chi connectivity index (χ3n) is 3.01. The molecule has 0 aliphatic heterocycles. The van der Waals surface area contributed by atoms with E-state index in [0.717, 1.165) is 11.5 Å². The van der Waals surface area contributed by atoms with Gasteiger partial charge >= 0.3 is 0 Å². The van der Waals surface area contributed by atoms with Gasteiger partial charge in [-0.05, 0) is 12.8 Å². The summed E-state index contributed by atoms with van der Waals surface area (Å²) in [4.78, 5) is 4.06. The molecule has 0 spiro atoms. The first kappa shape index (κ1) is 9.09. The van der Waals surface area contributed by atoms with Gasteiger partial charge in [-0.2, -0.15) is 0 Å². The second-order valence-corrected chi connectivity index (χ2v) is 4.37. The largest absolute Gasteiger partial charge is 0.269 e. The Labute approximate surface area is 92.3 Å². The molecule has 0 radical (unpaired) electrons. The highest BCUT2D eigenvalue weighted by Crippen LogP contribution is 2.32. The quantitative estimate of drug-likeness (QED) is 0.696. The van der Waals surface area contributed by atoms with E-state index in [2.05, 4.69) is 15.2 Å². The van der Waals surface area contributed by atoms with E-state index in [9.17, 15) is 0 Å². The lowest BCUT2D eigenvalue weighted by Gasteiger charge is -2.05. The van der Waals surface area contributed by atoms with Gasteiger partial charge in [0.15, 0.2) is 5.65 Å². The first-order chi connectivity index (χ1) is 7.34. The summed E-state index contributed by atoms with van der Waals surface area (Å²) in [6.45, 7) is 0. The van der Waals surface area contributed by atoms with Gasteiger partial charge < -0.3 is 0 Å². The molecule has 1 aliphatic carbocycles. The molecule has 0 saturated heterocycles. The molecule has 1 fully saturated rings. The maximum absolute atomic E-state index is 5.80. The third-order valence-corrected chi connectivity index (χ3v) is 3.22. The summed E-state index contributed by atoms with van der Waals surface area (Å²) >= 11 is 5.80. The van der Waals surface area contributed by atoms with Crippen LogP contribution < -0.4 is 0 Å². The maximum Gasteiger partial charge on any atom is 0.165 e. The van der Waals surface area contributed by atoms with Crippen molar-refractivity contribution >= 4 is 17.2 Å². The molecular weight excluding hydrogens is 212 g/mol. The van der Waals surface area contributed by atoms with Gasteiger partial charge in [0.25, 0.3) is 0 Å². The van der Waals surface area contributed by atoms with Crippen LogP contribution in [0.4, 0.5) is 0 Å². The number of nitrogens with zero attached hydrogens (tertiary/aromatic N) is 4. The molecular formula is C10H11ClN4. The van der Waals surface area contributed by atoms with Crippen LogP contribution >= 0.6 is 11.6 Å². The second-order valence-electron chi connectivity index (χ2n) is 3.98. The van der Waals surface area contributed by atoms with Gasteiger partial charge in [0.2, 0.25) is 0 Å². The monoisotopic (exact) mass is 222 g/mol. The van der Waals surface area contributed by atoms with E-state index >= 15 is 0 Å². The van der Waals surface area contributed by atoms with Gasteiger partial charge in [0.05, 0.1) is 0 Å². The van der Waals surface area contributed by atoms with Gasteiger partial charge in [0.1, 0.15) is 17.3 Å². The highest BCUT2D eigenvalue weighted by atomic mass is 35.5. The Balaban J connectivity index is 2.11. The van der Waals surface area contributed by atoms with Crippen LogP contribution in [-0.4, -0.2) is 19.6 Å². The minimum atomic E-state index is 0.466. The predicted molar refractivity (Wildman–Crippen MR) is 57.0 cm³/mol. The molecule has 3 rings (SSSR count). The van der Waals surface area contributed by atoms with Crippen molar-refractivity contribution in [2.45, 2.75) is 31.6 Å². The fraction of sp³-hybridized carbons (Fsp3) is 0.500. The van der Waals surface area contributed by atoms with Gasteiger partial charge in [0, 0.05) is 12.0 Å². The van der Waals surface area contributed by atoms with E-state index < -0.39 is 0 Å². The topological polar surface area (TPSA) is 43.1 Å². The number of halogens is 1. The molecule has 2 aromatic rings. The molecule has 78 valence electrons. The van der Waals surface area contributed by atoms with Crippen LogP contribution in [0.1, 0.15) is 37.4 Å². The molecule has 0 bridgehead atoms. The van der Waals surface area contributed by atoms with Crippen molar-refractivity contribution < 1.29 is 0 Å². The molecule has 0 amide bonds. The molecule has 0 unspecified atom stereocenters. The van der Waals surface area contributed by atoms with Crippen LogP contribution in [0.5, 0.6) is 0 Å². The van der Waals surface area contributed by atoms with E-state index in [1.54, 1.807) is 12.4 Å². The van der Waals surface area contributed by atoms with Crippen molar-refractivity contribution in [2.75, 3.05) is 0 Å². The van der Waals surface area contributed by atoms with E-state index in [1.807, 2.05) is 4.40 Å². The Morgan fingerprint density at radius 3 is 2.87 bits per heavy atom. The van der Waals surface area contributed by atoms with Crippen molar-refractivity contribution in [3.8, 4) is 0 Å². The molecule has 0 aromatic carbocycles. The first-order valence-electron chi connectivity index (χ1n) is 5.21. The number of hydrogen-bond acceptors (Lipinski definition) is 3. The average molecular weight is 223 g/mol. The van der Waals surface area contributed by atoms with Crippen molar-refractivity contribution in [3.63, 3.8) is 0 Å². The minimum Gasteiger partial charge on any atom is -0.269 e. The molecule has 15 heavy (non-hydrogen) atoms. The Kier molecular flexibility index (Phi) is 2.09. The van der Waals surface area contributed by atoms with Crippen LogP contribution in [0.15, 0.2) is 12.4 Å². The molecule has 2 heterocycles. The van der Waals surface area contributed by atoms with E-state index in [4.69, 9.17) is 11.6 Å². The molecule has 1 aliphatic rings. The Morgan fingerprint density at radius 1 is 1.27 bits per heavy atom. The van der Waals surface area contributed by atoms with Crippen LogP contribution in [-0.2, 0) is 0 Å². The number of rotatable bonds is 1. The van der Waals surface area contributed by atoms with E-state index in [1.165, 1.54) is 25.7 Å². The van der Waals surface area contributed by atoms with Crippen molar-refractivity contribution in [1.29, 1.82) is 0 Å². The summed E-state index contributed by atoms with van der Waals surface area (Å²) in [5, 5.41) is 8.81. The Morgan fingerprint density at radius 2 is 2.07 bits per heavy atom. The molecule has 1 saturated carbocycles. The standard InChI is InChI=1S/C10H11ClN4/c11-8-5-9-13-14-10(15(9)6-12-8)7-3-1-2-4-7/h5-7H,1-4H2. The summed E-state index contributed by atoms with van der Waals surface area (Å²) in [5.41, 5.74) is 0.789.